The molecule has 0 saturated carbocycles. The zero-order valence-corrected chi connectivity index (χ0v) is 9.81. The largest absolute Gasteiger partial charge is 0.427 e. The SMILES string of the molecule is CCCC(CC(C)C)[SiH2]OC. The molecule has 0 aromatic heterocycles. The Balaban J connectivity index is 3.50. The molecule has 1 nitrogen and oxygen atoms in total. The van der Waals surface area contributed by atoms with Crippen LogP contribution in [0.1, 0.15) is 40.0 Å². The monoisotopic (exact) mass is 174 g/mol. The van der Waals surface area contributed by atoms with E-state index in [1.165, 1.54) is 19.3 Å². The first-order chi connectivity index (χ1) is 5.20. The molecule has 0 saturated heterocycles. The standard InChI is InChI=1S/C9H22OSi/c1-5-6-9(11-10-4)7-8(2)3/h8-9H,5-7,11H2,1-4H3. The van der Waals surface area contributed by atoms with Crippen LogP contribution < -0.4 is 0 Å². The number of hydrogen-bond donors (Lipinski definition) is 0. The van der Waals surface area contributed by atoms with Gasteiger partial charge in [0.15, 0.2) is 9.76 Å². The maximum atomic E-state index is 5.30. The normalized spacial score (nSPS) is 15.0. The summed E-state index contributed by atoms with van der Waals surface area (Å²) in [6.45, 7) is 6.86. The summed E-state index contributed by atoms with van der Waals surface area (Å²) in [5, 5.41) is 0. The molecule has 1 unspecified atom stereocenters. The summed E-state index contributed by atoms with van der Waals surface area (Å²) in [7, 11) is 1.64. The van der Waals surface area contributed by atoms with Crippen molar-refractivity contribution in [3.05, 3.63) is 0 Å². The average molecular weight is 174 g/mol. The Kier molecular flexibility index (Phi) is 6.97. The maximum Gasteiger partial charge on any atom is 0.164 e. The minimum atomic E-state index is -0.218. The van der Waals surface area contributed by atoms with Crippen molar-refractivity contribution in [3.8, 4) is 0 Å². The van der Waals surface area contributed by atoms with Gasteiger partial charge in [-0.3, -0.25) is 0 Å². The van der Waals surface area contributed by atoms with Crippen LogP contribution in [-0.2, 0) is 4.43 Å². The van der Waals surface area contributed by atoms with E-state index in [0.29, 0.717) is 0 Å². The van der Waals surface area contributed by atoms with Crippen molar-refractivity contribution in [1.82, 2.24) is 0 Å². The predicted molar refractivity (Wildman–Crippen MR) is 53.7 cm³/mol. The molecule has 0 aliphatic rings. The zero-order chi connectivity index (χ0) is 8.69. The highest BCUT2D eigenvalue weighted by Gasteiger charge is 2.09. The van der Waals surface area contributed by atoms with Crippen LogP contribution >= 0.6 is 0 Å². The second-order valence-corrected chi connectivity index (χ2v) is 5.80. The highest BCUT2D eigenvalue weighted by molar-refractivity contribution is 6.29. The molecule has 0 aliphatic carbocycles. The van der Waals surface area contributed by atoms with E-state index in [1.54, 1.807) is 0 Å². The van der Waals surface area contributed by atoms with Crippen LogP contribution in [0.5, 0.6) is 0 Å². The molecule has 0 N–H and O–H groups in total. The summed E-state index contributed by atoms with van der Waals surface area (Å²) >= 11 is 0. The quantitative estimate of drug-likeness (QED) is 0.562. The van der Waals surface area contributed by atoms with E-state index in [2.05, 4.69) is 20.8 Å². The second kappa shape index (κ2) is 6.86. The molecule has 68 valence electrons. The lowest BCUT2D eigenvalue weighted by Gasteiger charge is -2.16. The fraction of sp³-hybridized carbons (Fsp3) is 1.00. The Bertz CT molecular complexity index is 77.6. The molecule has 11 heavy (non-hydrogen) atoms. The molecule has 0 fully saturated rings. The van der Waals surface area contributed by atoms with Crippen LogP contribution in [0.2, 0.25) is 5.54 Å². The van der Waals surface area contributed by atoms with Gasteiger partial charge < -0.3 is 4.43 Å². The molecule has 0 amide bonds. The minimum Gasteiger partial charge on any atom is -0.427 e. The van der Waals surface area contributed by atoms with Crippen LogP contribution in [-0.4, -0.2) is 16.9 Å². The van der Waals surface area contributed by atoms with Gasteiger partial charge in [0.1, 0.15) is 0 Å². The molecular formula is C9H22OSi. The van der Waals surface area contributed by atoms with Crippen molar-refractivity contribution in [2.75, 3.05) is 7.11 Å². The van der Waals surface area contributed by atoms with Gasteiger partial charge in [-0.05, 0) is 17.9 Å². The Labute approximate surface area is 73.5 Å². The maximum absolute atomic E-state index is 5.30. The molecule has 2 heteroatoms. The van der Waals surface area contributed by atoms with Crippen LogP contribution in [0, 0.1) is 5.92 Å². The minimum absolute atomic E-state index is 0.218. The smallest absolute Gasteiger partial charge is 0.164 e. The molecule has 0 rings (SSSR count). The summed E-state index contributed by atoms with van der Waals surface area (Å²) in [6, 6.07) is 0. The second-order valence-electron chi connectivity index (χ2n) is 3.74. The Morgan fingerprint density at radius 1 is 1.36 bits per heavy atom. The van der Waals surface area contributed by atoms with Crippen LogP contribution in [0.15, 0.2) is 0 Å². The molecule has 0 spiro atoms. The molecule has 0 aromatic rings. The van der Waals surface area contributed by atoms with Gasteiger partial charge >= 0.3 is 0 Å². The van der Waals surface area contributed by atoms with E-state index < -0.39 is 0 Å². The van der Waals surface area contributed by atoms with E-state index in [-0.39, 0.29) is 9.76 Å². The fourth-order valence-electron chi connectivity index (χ4n) is 1.58. The van der Waals surface area contributed by atoms with Crippen molar-refractivity contribution >= 4 is 9.76 Å². The van der Waals surface area contributed by atoms with Gasteiger partial charge in [-0.15, -0.1) is 0 Å². The number of rotatable bonds is 6. The third-order valence-corrected chi connectivity index (χ3v) is 3.45. The van der Waals surface area contributed by atoms with Gasteiger partial charge in [0.25, 0.3) is 0 Å². The van der Waals surface area contributed by atoms with Crippen LogP contribution in [0.4, 0.5) is 0 Å². The molecule has 1 atom stereocenters. The first-order valence-corrected chi connectivity index (χ1v) is 6.09. The van der Waals surface area contributed by atoms with Gasteiger partial charge in [0, 0.05) is 7.11 Å². The number of hydrogen-bond acceptors (Lipinski definition) is 1. The third-order valence-electron chi connectivity index (χ3n) is 1.90. The van der Waals surface area contributed by atoms with E-state index >= 15 is 0 Å². The van der Waals surface area contributed by atoms with Crippen molar-refractivity contribution < 1.29 is 4.43 Å². The van der Waals surface area contributed by atoms with Crippen molar-refractivity contribution in [2.24, 2.45) is 5.92 Å². The fourth-order valence-corrected chi connectivity index (χ4v) is 3.43. The summed E-state index contributed by atoms with van der Waals surface area (Å²) in [5.41, 5.74) is 0.921. The lowest BCUT2D eigenvalue weighted by molar-refractivity contribution is 0.409. The van der Waals surface area contributed by atoms with Gasteiger partial charge in [-0.1, -0.05) is 33.6 Å². The highest BCUT2D eigenvalue weighted by Crippen LogP contribution is 2.21. The first kappa shape index (κ1) is 11.2. The Morgan fingerprint density at radius 3 is 2.36 bits per heavy atom. The Morgan fingerprint density at radius 2 is 2.00 bits per heavy atom. The molecule has 0 radical (unpaired) electrons. The summed E-state index contributed by atoms with van der Waals surface area (Å²) in [5.74, 6) is 0.842. The third kappa shape index (κ3) is 6.57. The van der Waals surface area contributed by atoms with Gasteiger partial charge in [0.05, 0.1) is 0 Å². The molecule has 0 aromatic carbocycles. The molecule has 0 bridgehead atoms. The summed E-state index contributed by atoms with van der Waals surface area (Å²) in [4.78, 5) is 0. The van der Waals surface area contributed by atoms with Crippen molar-refractivity contribution in [3.63, 3.8) is 0 Å². The lowest BCUT2D eigenvalue weighted by Crippen LogP contribution is -2.08. The van der Waals surface area contributed by atoms with Crippen molar-refractivity contribution in [2.45, 2.75) is 45.6 Å². The highest BCUT2D eigenvalue weighted by atomic mass is 28.2. The predicted octanol–water partition coefficient (Wildman–Crippen LogP) is 2.35. The zero-order valence-electron chi connectivity index (χ0n) is 8.39. The van der Waals surface area contributed by atoms with Gasteiger partial charge in [0.2, 0.25) is 0 Å². The Hall–Kier alpha value is 0.177. The van der Waals surface area contributed by atoms with E-state index in [9.17, 15) is 0 Å². The van der Waals surface area contributed by atoms with Gasteiger partial charge in [-0.25, -0.2) is 0 Å². The molecule has 0 heterocycles. The van der Waals surface area contributed by atoms with Crippen LogP contribution in [0.25, 0.3) is 0 Å². The summed E-state index contributed by atoms with van der Waals surface area (Å²) in [6.07, 6.45) is 4.06. The van der Waals surface area contributed by atoms with Gasteiger partial charge in [-0.2, -0.15) is 0 Å². The average Bonchev–Trinajstić information content (AvgIpc) is 1.87. The first-order valence-electron chi connectivity index (χ1n) is 4.69. The topological polar surface area (TPSA) is 9.23 Å². The van der Waals surface area contributed by atoms with Crippen molar-refractivity contribution in [1.29, 1.82) is 0 Å². The van der Waals surface area contributed by atoms with E-state index in [0.717, 1.165) is 11.5 Å². The molecular weight excluding hydrogens is 152 g/mol. The lowest BCUT2D eigenvalue weighted by atomic mass is 10.1. The van der Waals surface area contributed by atoms with E-state index in [4.69, 9.17) is 4.43 Å². The van der Waals surface area contributed by atoms with E-state index in [1.807, 2.05) is 7.11 Å². The van der Waals surface area contributed by atoms with Crippen LogP contribution in [0.3, 0.4) is 0 Å². The summed E-state index contributed by atoms with van der Waals surface area (Å²) < 4.78 is 5.30. The molecule has 0 aliphatic heterocycles.